The van der Waals surface area contributed by atoms with Crippen LogP contribution in [0.25, 0.3) is 67.1 Å². The van der Waals surface area contributed by atoms with Crippen molar-refractivity contribution < 1.29 is 4.74 Å². The number of pyridine rings is 1. The van der Waals surface area contributed by atoms with Gasteiger partial charge in [0.25, 0.3) is 0 Å². The maximum Gasteiger partial charge on any atom is 0.164 e. The third-order valence-electron chi connectivity index (χ3n) is 11.0. The second-order valence-electron chi connectivity index (χ2n) is 13.9. The summed E-state index contributed by atoms with van der Waals surface area (Å²) >= 11 is 0. The summed E-state index contributed by atoms with van der Waals surface area (Å²) in [6.07, 6.45) is 1.85. The number of benzene rings is 7. The van der Waals surface area contributed by atoms with Crippen molar-refractivity contribution >= 4 is 10.9 Å². The van der Waals surface area contributed by atoms with Crippen molar-refractivity contribution in [2.45, 2.75) is 5.41 Å². The van der Waals surface area contributed by atoms with Gasteiger partial charge in [0.15, 0.2) is 5.82 Å². The van der Waals surface area contributed by atoms with Crippen molar-refractivity contribution in [3.05, 3.63) is 210 Å². The smallest absolute Gasteiger partial charge is 0.164 e. The van der Waals surface area contributed by atoms with Crippen molar-refractivity contribution in [3.63, 3.8) is 0 Å². The van der Waals surface area contributed by atoms with Gasteiger partial charge in [0, 0.05) is 39.4 Å². The van der Waals surface area contributed by atoms with Crippen LogP contribution >= 0.6 is 0 Å². The Morgan fingerprint density at radius 3 is 1.54 bits per heavy atom. The highest BCUT2D eigenvalue weighted by Gasteiger charge is 2.52. The number of aromatic nitrogens is 3. The fourth-order valence-electron chi connectivity index (χ4n) is 8.75. The molecule has 11 rings (SSSR count). The van der Waals surface area contributed by atoms with Crippen LogP contribution < -0.4 is 4.74 Å². The molecule has 3 heterocycles. The molecule has 4 nitrogen and oxygen atoms in total. The number of para-hydroxylation sites is 2. The van der Waals surface area contributed by atoms with Crippen molar-refractivity contribution in [2.24, 2.45) is 0 Å². The van der Waals surface area contributed by atoms with E-state index in [1.807, 2.05) is 48.7 Å². The summed E-state index contributed by atoms with van der Waals surface area (Å²) < 4.78 is 7.41. The van der Waals surface area contributed by atoms with Crippen LogP contribution in [-0.4, -0.2) is 15.0 Å². The summed E-state index contributed by atoms with van der Waals surface area (Å²) in [5.41, 5.74) is 14.0. The summed E-state index contributed by atoms with van der Waals surface area (Å²) in [4.78, 5) is 15.3. The van der Waals surface area contributed by atoms with Gasteiger partial charge >= 0.3 is 0 Å². The second kappa shape index (κ2) is 11.9. The predicted octanol–water partition coefficient (Wildman–Crippen LogP) is 12.2. The van der Waals surface area contributed by atoms with E-state index in [9.17, 15) is 0 Å². The topological polar surface area (TPSA) is 47.9 Å². The van der Waals surface area contributed by atoms with E-state index in [1.165, 1.54) is 22.3 Å². The van der Waals surface area contributed by atoms with E-state index in [2.05, 4.69) is 140 Å². The van der Waals surface area contributed by atoms with Gasteiger partial charge in [0.2, 0.25) is 0 Å². The van der Waals surface area contributed by atoms with Gasteiger partial charge < -0.3 is 4.74 Å². The monoisotopic (exact) mass is 689 g/mol. The van der Waals surface area contributed by atoms with Gasteiger partial charge in [-0.2, -0.15) is 0 Å². The highest BCUT2D eigenvalue weighted by Crippen LogP contribution is 2.64. The number of rotatable bonds is 4. The molecule has 0 atom stereocenters. The van der Waals surface area contributed by atoms with Crippen LogP contribution in [0.2, 0.25) is 0 Å². The van der Waals surface area contributed by atoms with Gasteiger partial charge in [-0.05, 0) is 52.1 Å². The summed E-state index contributed by atoms with van der Waals surface area (Å²) in [6, 6.07) is 63.9. The number of nitrogens with zero attached hydrogens (tertiary/aromatic N) is 3. The number of fused-ring (bicyclic) bond motifs is 10. The fourth-order valence-corrected chi connectivity index (χ4v) is 8.75. The molecule has 0 fully saturated rings. The van der Waals surface area contributed by atoms with Gasteiger partial charge in [0.1, 0.15) is 11.5 Å². The zero-order chi connectivity index (χ0) is 35.6. The average Bonchev–Trinajstić information content (AvgIpc) is 3.54. The van der Waals surface area contributed by atoms with E-state index in [0.717, 1.165) is 72.7 Å². The Morgan fingerprint density at radius 1 is 0.389 bits per heavy atom. The van der Waals surface area contributed by atoms with Gasteiger partial charge in [-0.25, -0.2) is 9.97 Å². The summed E-state index contributed by atoms with van der Waals surface area (Å²) in [5.74, 6) is 2.19. The Bertz CT molecular complexity index is 2810. The van der Waals surface area contributed by atoms with Crippen LogP contribution in [0.5, 0.6) is 11.5 Å². The van der Waals surface area contributed by atoms with E-state index in [0.29, 0.717) is 5.82 Å². The summed E-state index contributed by atoms with van der Waals surface area (Å²) in [5, 5.41) is 1.07. The highest BCUT2D eigenvalue weighted by molar-refractivity contribution is 5.98. The molecule has 252 valence electrons. The second-order valence-corrected chi connectivity index (χ2v) is 13.9. The lowest BCUT2D eigenvalue weighted by molar-refractivity contribution is 0.439. The molecule has 0 amide bonds. The molecule has 9 aromatic rings. The third-order valence-corrected chi connectivity index (χ3v) is 11.0. The number of hydrogen-bond donors (Lipinski definition) is 0. The zero-order valence-corrected chi connectivity index (χ0v) is 29.1. The minimum atomic E-state index is -0.662. The van der Waals surface area contributed by atoms with E-state index >= 15 is 0 Å². The van der Waals surface area contributed by atoms with E-state index in [-0.39, 0.29) is 0 Å². The Kier molecular flexibility index (Phi) is 6.73. The largest absolute Gasteiger partial charge is 0.455 e. The van der Waals surface area contributed by atoms with Crippen LogP contribution in [0.15, 0.2) is 188 Å². The van der Waals surface area contributed by atoms with Crippen molar-refractivity contribution in [3.8, 4) is 67.7 Å². The fraction of sp³-hybridized carbons (Fsp3) is 0.0200. The first kappa shape index (κ1) is 30.5. The molecule has 0 N–H and O–H groups in total. The van der Waals surface area contributed by atoms with Crippen molar-refractivity contribution in [2.75, 3.05) is 0 Å². The molecule has 2 aliphatic rings. The van der Waals surface area contributed by atoms with Crippen LogP contribution in [-0.2, 0) is 5.41 Å². The predicted molar refractivity (Wildman–Crippen MR) is 216 cm³/mol. The molecular formula is C50H31N3O. The van der Waals surface area contributed by atoms with Crippen molar-refractivity contribution in [1.82, 2.24) is 15.0 Å². The van der Waals surface area contributed by atoms with Gasteiger partial charge in [-0.3, -0.25) is 4.98 Å². The molecule has 4 heteroatoms. The van der Waals surface area contributed by atoms with Crippen LogP contribution in [0.4, 0.5) is 0 Å². The van der Waals surface area contributed by atoms with Gasteiger partial charge in [-0.1, -0.05) is 158 Å². The number of ether oxygens (including phenoxy) is 1. The molecular weight excluding hydrogens is 659 g/mol. The molecule has 1 aliphatic carbocycles. The molecule has 1 aliphatic heterocycles. The van der Waals surface area contributed by atoms with E-state index in [1.54, 1.807) is 0 Å². The molecule has 0 saturated heterocycles. The van der Waals surface area contributed by atoms with Gasteiger partial charge in [-0.15, -0.1) is 0 Å². The van der Waals surface area contributed by atoms with E-state index < -0.39 is 5.41 Å². The molecule has 1 spiro atoms. The molecule has 0 radical (unpaired) electrons. The first-order valence-corrected chi connectivity index (χ1v) is 18.3. The van der Waals surface area contributed by atoms with Crippen LogP contribution in [0.1, 0.15) is 22.3 Å². The highest BCUT2D eigenvalue weighted by atomic mass is 16.5. The Labute approximate surface area is 313 Å². The molecule has 0 unspecified atom stereocenters. The Morgan fingerprint density at radius 2 is 0.889 bits per heavy atom. The Hall–Kier alpha value is -7.17. The average molecular weight is 690 g/mol. The third kappa shape index (κ3) is 4.40. The number of hydrogen-bond acceptors (Lipinski definition) is 4. The standard InChI is InChI=1S/C50H31N3O/c1-3-15-32(16-4-1)45-31-46(33-17-5-2-6-18-33)53-49(52-45)39-23-12-28-43-48(39)54-47-38(34-21-13-29-44-37(34)24-14-30-51-44)22-11-27-42(47)50(43)40-25-9-7-19-35(40)36-20-8-10-26-41(36)50/h1-31H. The van der Waals surface area contributed by atoms with Crippen molar-refractivity contribution in [1.29, 1.82) is 0 Å². The maximum absolute atomic E-state index is 7.41. The lowest BCUT2D eigenvalue weighted by atomic mass is 9.65. The molecule has 54 heavy (non-hydrogen) atoms. The SMILES string of the molecule is c1ccc(-c2cc(-c3ccccc3)nc(-c3cccc4c3Oc3c(-c5cccc6ncccc56)cccc3C43c4ccccc4-c4ccccc43)n2)cc1. The summed E-state index contributed by atoms with van der Waals surface area (Å²) in [7, 11) is 0. The zero-order valence-electron chi connectivity index (χ0n) is 29.1. The molecule has 0 bridgehead atoms. The molecule has 7 aromatic carbocycles. The minimum Gasteiger partial charge on any atom is -0.455 e. The first-order chi connectivity index (χ1) is 26.8. The lowest BCUT2D eigenvalue weighted by Gasteiger charge is -2.40. The van der Waals surface area contributed by atoms with Gasteiger partial charge in [0.05, 0.1) is 27.9 Å². The lowest BCUT2D eigenvalue weighted by Crippen LogP contribution is -2.32. The normalized spacial score (nSPS) is 13.1. The van der Waals surface area contributed by atoms with E-state index in [4.69, 9.17) is 19.7 Å². The van der Waals surface area contributed by atoms with Crippen LogP contribution in [0, 0.1) is 0 Å². The molecule has 0 saturated carbocycles. The summed E-state index contributed by atoms with van der Waals surface area (Å²) in [6.45, 7) is 0. The van der Waals surface area contributed by atoms with Crippen LogP contribution in [0.3, 0.4) is 0 Å². The Balaban J connectivity index is 1.24. The first-order valence-electron chi connectivity index (χ1n) is 18.3. The quantitative estimate of drug-likeness (QED) is 0.185. The minimum absolute atomic E-state index is 0.608. The maximum atomic E-state index is 7.41. The molecule has 2 aromatic heterocycles.